The first kappa shape index (κ1) is 16.9. The Labute approximate surface area is 111 Å². The van der Waals surface area contributed by atoms with Crippen LogP contribution in [0.1, 0.15) is 0 Å². The van der Waals surface area contributed by atoms with Crippen molar-refractivity contribution in [1.82, 2.24) is 0 Å². The largest absolute Gasteiger partial charge is 0.517 e. The summed E-state index contributed by atoms with van der Waals surface area (Å²) in [6.07, 6.45) is 5.56. The predicted octanol–water partition coefficient (Wildman–Crippen LogP) is 2.86. The summed E-state index contributed by atoms with van der Waals surface area (Å²) in [6, 6.07) is 0. The summed E-state index contributed by atoms with van der Waals surface area (Å²) in [5, 5.41) is 0. The van der Waals surface area contributed by atoms with E-state index >= 15 is 0 Å². The molecule has 0 aromatic carbocycles. The van der Waals surface area contributed by atoms with Gasteiger partial charge in [0.25, 0.3) is 0 Å². The smallest absolute Gasteiger partial charge is 0.317 e. The monoisotopic (exact) mass is 286 g/mol. The third-order valence-electron chi connectivity index (χ3n) is 1.39. The molecule has 0 saturated heterocycles. The lowest BCUT2D eigenvalue weighted by atomic mass is 10.4. The molecule has 0 aliphatic rings. The molecule has 0 saturated carbocycles. The summed E-state index contributed by atoms with van der Waals surface area (Å²) in [4.78, 5) is 22.6. The van der Waals surface area contributed by atoms with Crippen molar-refractivity contribution in [3.05, 3.63) is 24.3 Å². The number of carbonyl (C=O) groups excluding carboxylic acids is 2. The first-order chi connectivity index (χ1) is 7.99. The zero-order valence-electron chi connectivity index (χ0n) is 11.9. The van der Waals surface area contributed by atoms with E-state index in [-0.39, 0.29) is 11.9 Å². The Kier molecular flexibility index (Phi) is 6.27. The number of allylic oxidation sites excluding steroid dienone is 2. The molecule has 4 nitrogen and oxygen atoms in total. The fraction of sp³-hybridized carbons (Fsp3) is 0.500. The maximum Gasteiger partial charge on any atom is 0.317 e. The topological polar surface area (TPSA) is 52.6 Å². The zero-order chi connectivity index (χ0) is 14.4. The highest BCUT2D eigenvalue weighted by Gasteiger charge is 2.18. The molecule has 102 valence electrons. The van der Waals surface area contributed by atoms with Gasteiger partial charge in [0.15, 0.2) is 0 Å². The van der Waals surface area contributed by atoms with Gasteiger partial charge in [-0.3, -0.25) is 0 Å². The van der Waals surface area contributed by atoms with Gasteiger partial charge in [-0.2, -0.15) is 0 Å². The maximum atomic E-state index is 11.3. The minimum absolute atomic E-state index is 0.377. The molecule has 0 spiro atoms. The van der Waals surface area contributed by atoms with Gasteiger partial charge in [0, 0.05) is 12.2 Å². The Morgan fingerprint density at radius 2 is 1.00 bits per heavy atom. The Hall–Kier alpha value is -1.15. The Balaban J connectivity index is 4.17. The van der Waals surface area contributed by atoms with Crippen molar-refractivity contribution in [3.63, 3.8) is 0 Å². The number of carbonyl (C=O) groups is 2. The second kappa shape index (κ2) is 6.70. The summed E-state index contributed by atoms with van der Waals surface area (Å²) < 4.78 is 10.4. The second-order valence-corrected chi connectivity index (χ2v) is 14.6. The van der Waals surface area contributed by atoms with Gasteiger partial charge in [0.1, 0.15) is 0 Å². The van der Waals surface area contributed by atoms with Crippen molar-refractivity contribution < 1.29 is 18.4 Å². The van der Waals surface area contributed by atoms with Crippen LogP contribution in [-0.2, 0) is 18.4 Å². The average Bonchev–Trinajstić information content (AvgIpc) is 2.06. The van der Waals surface area contributed by atoms with Gasteiger partial charge in [0.2, 0.25) is 16.6 Å². The zero-order valence-corrected chi connectivity index (χ0v) is 13.9. The molecule has 0 rings (SSSR count). The van der Waals surface area contributed by atoms with Crippen LogP contribution in [-0.4, -0.2) is 28.6 Å². The normalized spacial score (nSPS) is 13.0. The van der Waals surface area contributed by atoms with Crippen LogP contribution in [0.5, 0.6) is 0 Å². The molecule has 0 aromatic rings. The molecule has 0 aliphatic carbocycles. The fourth-order valence-corrected chi connectivity index (χ4v) is 2.28. The second-order valence-electron chi connectivity index (χ2n) is 5.79. The van der Waals surface area contributed by atoms with Crippen molar-refractivity contribution in [2.75, 3.05) is 0 Å². The highest BCUT2D eigenvalue weighted by atomic mass is 28.4. The van der Waals surface area contributed by atoms with Crippen LogP contribution in [0, 0.1) is 0 Å². The van der Waals surface area contributed by atoms with E-state index in [2.05, 4.69) is 0 Å². The van der Waals surface area contributed by atoms with Gasteiger partial charge in [-0.1, -0.05) is 12.2 Å². The third-order valence-corrected chi connectivity index (χ3v) is 3.02. The molecular weight excluding hydrogens is 264 g/mol. The molecule has 0 unspecified atom stereocenters. The van der Waals surface area contributed by atoms with E-state index in [1.54, 1.807) is 0 Å². The van der Waals surface area contributed by atoms with E-state index in [4.69, 9.17) is 8.85 Å². The van der Waals surface area contributed by atoms with E-state index in [0.717, 1.165) is 0 Å². The van der Waals surface area contributed by atoms with Crippen molar-refractivity contribution in [2.24, 2.45) is 0 Å². The quantitative estimate of drug-likeness (QED) is 0.443. The summed E-state index contributed by atoms with van der Waals surface area (Å²) in [6.45, 7) is 11.6. The van der Waals surface area contributed by atoms with Crippen LogP contribution in [0.3, 0.4) is 0 Å². The van der Waals surface area contributed by atoms with Crippen LogP contribution in [0.4, 0.5) is 0 Å². The van der Waals surface area contributed by atoms with Gasteiger partial charge in [-0.15, -0.1) is 0 Å². The molecule has 0 aliphatic heterocycles. The van der Waals surface area contributed by atoms with E-state index in [0.29, 0.717) is 0 Å². The van der Waals surface area contributed by atoms with E-state index in [1.165, 1.54) is 24.3 Å². The molecule has 0 N–H and O–H groups in total. The molecule has 0 heterocycles. The number of hydrogen-bond acceptors (Lipinski definition) is 4. The van der Waals surface area contributed by atoms with Gasteiger partial charge >= 0.3 is 11.9 Å². The lowest BCUT2D eigenvalue weighted by Gasteiger charge is -2.15. The maximum absolute atomic E-state index is 11.3. The summed E-state index contributed by atoms with van der Waals surface area (Å²) in [5.41, 5.74) is 0. The van der Waals surface area contributed by atoms with Gasteiger partial charge in [-0.05, 0) is 39.3 Å². The van der Waals surface area contributed by atoms with Gasteiger partial charge in [-0.25, -0.2) is 9.59 Å². The molecule has 0 amide bonds. The average molecular weight is 286 g/mol. The first-order valence-electron chi connectivity index (χ1n) is 5.80. The Morgan fingerprint density at radius 3 is 1.22 bits per heavy atom. The minimum atomic E-state index is -1.85. The van der Waals surface area contributed by atoms with Crippen LogP contribution >= 0.6 is 0 Å². The first-order valence-corrected chi connectivity index (χ1v) is 12.6. The highest BCUT2D eigenvalue weighted by molar-refractivity contribution is 6.71. The van der Waals surface area contributed by atoms with E-state index in [9.17, 15) is 9.59 Å². The van der Waals surface area contributed by atoms with Crippen molar-refractivity contribution in [3.8, 4) is 0 Å². The summed E-state index contributed by atoms with van der Waals surface area (Å²) >= 11 is 0. The van der Waals surface area contributed by atoms with Crippen LogP contribution in [0.25, 0.3) is 0 Å². The van der Waals surface area contributed by atoms with Crippen LogP contribution in [0.15, 0.2) is 24.3 Å². The Morgan fingerprint density at radius 1 is 0.722 bits per heavy atom. The lowest BCUT2D eigenvalue weighted by molar-refractivity contribution is -0.130. The van der Waals surface area contributed by atoms with Crippen LogP contribution in [0.2, 0.25) is 39.3 Å². The van der Waals surface area contributed by atoms with Crippen molar-refractivity contribution in [1.29, 1.82) is 0 Å². The van der Waals surface area contributed by atoms with Crippen molar-refractivity contribution in [2.45, 2.75) is 39.3 Å². The molecule has 0 aromatic heterocycles. The lowest BCUT2D eigenvalue weighted by Crippen LogP contribution is -2.28. The van der Waals surface area contributed by atoms with E-state index < -0.39 is 16.6 Å². The number of rotatable bonds is 5. The molecule has 0 atom stereocenters. The predicted molar refractivity (Wildman–Crippen MR) is 77.2 cm³/mol. The molecule has 6 heteroatoms. The summed E-state index contributed by atoms with van der Waals surface area (Å²) in [5.74, 6) is -0.755. The van der Waals surface area contributed by atoms with Crippen molar-refractivity contribution >= 4 is 28.6 Å². The van der Waals surface area contributed by atoms with Gasteiger partial charge in [0.05, 0.1) is 0 Å². The van der Waals surface area contributed by atoms with Gasteiger partial charge < -0.3 is 8.85 Å². The van der Waals surface area contributed by atoms with Crippen LogP contribution < -0.4 is 0 Å². The third kappa shape index (κ3) is 11.3. The molecular formula is C12H22O4Si2. The van der Waals surface area contributed by atoms with E-state index in [1.807, 2.05) is 39.3 Å². The number of hydrogen-bond donors (Lipinski definition) is 0. The summed E-state index contributed by atoms with van der Waals surface area (Å²) in [7, 11) is -3.69. The highest BCUT2D eigenvalue weighted by Crippen LogP contribution is 2.04. The minimum Gasteiger partial charge on any atom is -0.517 e. The Bertz CT molecular complexity index is 323. The molecule has 0 radical (unpaired) electrons. The standard InChI is InChI=1S/C12H22O4Si2/c1-17(2,3)15-11(13)9-7-8-10-12(14)16-18(4,5)6/h7-10H,1-6H3/b9-7+,10-8+. The fourth-order valence-electron chi connectivity index (χ4n) is 0.940. The molecule has 0 fully saturated rings. The molecule has 0 bridgehead atoms. The molecule has 18 heavy (non-hydrogen) atoms. The SMILES string of the molecule is C[Si](C)(C)OC(=O)/C=C/C=C/C(=O)O[Si](C)(C)C.